The third-order valence-electron chi connectivity index (χ3n) is 3.73. The largest absolute Gasteiger partial charge is 0.327 e. The summed E-state index contributed by atoms with van der Waals surface area (Å²) in [5.41, 5.74) is 1.65. The first kappa shape index (κ1) is 15.6. The monoisotopic (exact) mass is 316 g/mol. The molecule has 0 N–H and O–H groups in total. The number of fused-ring (bicyclic) bond motifs is 1. The molecule has 5 heteroatoms. The van der Waals surface area contributed by atoms with Gasteiger partial charge in [-0.1, -0.05) is 32.4 Å². The fourth-order valence-corrected chi connectivity index (χ4v) is 2.49. The Hall–Kier alpha value is -0.800. The van der Waals surface area contributed by atoms with Crippen LogP contribution in [0.2, 0.25) is 5.02 Å². The second kappa shape index (κ2) is 5.90. The number of alkyl halides is 1. The third-order valence-corrected chi connectivity index (χ3v) is 4.21. The minimum absolute atomic E-state index is 0.130. The predicted molar refractivity (Wildman–Crippen MR) is 83.2 cm³/mol. The summed E-state index contributed by atoms with van der Waals surface area (Å²) in [6.07, 6.45) is 1.71. The van der Waals surface area contributed by atoms with Gasteiger partial charge in [-0.25, -0.2) is 9.37 Å². The SMILES string of the molecule is CCC(C)(C)Cn1c(CCCl)nc2cc(F)c(Cl)cc21. The van der Waals surface area contributed by atoms with Gasteiger partial charge in [0.05, 0.1) is 16.1 Å². The lowest BCUT2D eigenvalue weighted by atomic mass is 9.90. The molecule has 0 unspecified atom stereocenters. The normalized spacial score (nSPS) is 12.3. The summed E-state index contributed by atoms with van der Waals surface area (Å²) >= 11 is 11.8. The molecule has 0 fully saturated rings. The van der Waals surface area contributed by atoms with Crippen LogP contribution in [0.5, 0.6) is 0 Å². The highest BCUT2D eigenvalue weighted by Crippen LogP contribution is 2.29. The minimum atomic E-state index is -0.434. The molecule has 0 aliphatic carbocycles. The molecule has 0 amide bonds. The Balaban J connectivity index is 2.58. The number of nitrogens with zero attached hydrogens (tertiary/aromatic N) is 2. The molecular weight excluding hydrogens is 298 g/mol. The Morgan fingerprint density at radius 2 is 2.05 bits per heavy atom. The summed E-state index contributed by atoms with van der Waals surface area (Å²) in [7, 11) is 0. The zero-order chi connectivity index (χ0) is 14.9. The van der Waals surface area contributed by atoms with Gasteiger partial charge in [0.1, 0.15) is 11.6 Å². The van der Waals surface area contributed by atoms with Crippen LogP contribution in [0.3, 0.4) is 0 Å². The van der Waals surface area contributed by atoms with Gasteiger partial charge in [0, 0.05) is 24.9 Å². The molecule has 0 spiro atoms. The van der Waals surface area contributed by atoms with Crippen molar-refractivity contribution in [2.75, 3.05) is 5.88 Å². The van der Waals surface area contributed by atoms with Crippen LogP contribution in [0.4, 0.5) is 4.39 Å². The summed E-state index contributed by atoms with van der Waals surface area (Å²) in [6, 6.07) is 3.05. The molecular formula is C15H19Cl2FN2. The number of rotatable bonds is 5. The molecule has 0 saturated heterocycles. The molecule has 1 aromatic heterocycles. The van der Waals surface area contributed by atoms with Crippen molar-refractivity contribution in [2.24, 2.45) is 5.41 Å². The second-order valence-electron chi connectivity index (χ2n) is 5.83. The van der Waals surface area contributed by atoms with E-state index in [1.165, 1.54) is 6.07 Å². The zero-order valence-electron chi connectivity index (χ0n) is 12.0. The van der Waals surface area contributed by atoms with E-state index < -0.39 is 5.82 Å². The summed E-state index contributed by atoms with van der Waals surface area (Å²) in [5, 5.41) is 0.130. The van der Waals surface area contributed by atoms with Crippen molar-refractivity contribution in [2.45, 2.75) is 40.2 Å². The lowest BCUT2D eigenvalue weighted by Crippen LogP contribution is -2.20. The van der Waals surface area contributed by atoms with Crippen LogP contribution in [-0.4, -0.2) is 15.4 Å². The average molecular weight is 317 g/mol. The minimum Gasteiger partial charge on any atom is -0.327 e. The zero-order valence-corrected chi connectivity index (χ0v) is 13.5. The maximum atomic E-state index is 13.6. The molecule has 20 heavy (non-hydrogen) atoms. The van der Waals surface area contributed by atoms with Gasteiger partial charge in [0.15, 0.2) is 0 Å². The standard InChI is InChI=1S/C15H19Cl2FN2/c1-4-15(2,3)9-20-13-7-10(17)11(18)8-12(13)19-14(20)5-6-16/h7-8H,4-6,9H2,1-3H3. The van der Waals surface area contributed by atoms with Crippen molar-refractivity contribution in [3.05, 3.63) is 28.8 Å². The highest BCUT2D eigenvalue weighted by atomic mass is 35.5. The number of halogens is 3. The van der Waals surface area contributed by atoms with Gasteiger partial charge in [0.25, 0.3) is 0 Å². The summed E-state index contributed by atoms with van der Waals surface area (Å²) in [6.45, 7) is 7.38. The van der Waals surface area contributed by atoms with Crippen molar-refractivity contribution in [3.63, 3.8) is 0 Å². The first-order valence-corrected chi connectivity index (χ1v) is 7.69. The van der Waals surface area contributed by atoms with E-state index in [-0.39, 0.29) is 10.4 Å². The lowest BCUT2D eigenvalue weighted by molar-refractivity contribution is 0.294. The molecule has 2 nitrogen and oxygen atoms in total. The van der Waals surface area contributed by atoms with Gasteiger partial charge < -0.3 is 4.57 Å². The summed E-state index contributed by atoms with van der Waals surface area (Å²) < 4.78 is 15.7. The van der Waals surface area contributed by atoms with Crippen LogP contribution in [0.25, 0.3) is 11.0 Å². The van der Waals surface area contributed by atoms with E-state index in [1.807, 2.05) is 0 Å². The molecule has 110 valence electrons. The van der Waals surface area contributed by atoms with Crippen molar-refractivity contribution in [3.8, 4) is 0 Å². The van der Waals surface area contributed by atoms with E-state index in [9.17, 15) is 4.39 Å². The molecule has 0 bridgehead atoms. The smallest absolute Gasteiger partial charge is 0.144 e. The van der Waals surface area contributed by atoms with Gasteiger partial charge in [-0.3, -0.25) is 0 Å². The van der Waals surface area contributed by atoms with Crippen molar-refractivity contribution < 1.29 is 4.39 Å². The molecule has 1 heterocycles. The molecule has 2 rings (SSSR count). The highest BCUT2D eigenvalue weighted by molar-refractivity contribution is 6.31. The van der Waals surface area contributed by atoms with Gasteiger partial charge in [0.2, 0.25) is 0 Å². The molecule has 0 radical (unpaired) electrons. The number of hydrogen-bond acceptors (Lipinski definition) is 1. The lowest BCUT2D eigenvalue weighted by Gasteiger charge is -2.24. The van der Waals surface area contributed by atoms with Crippen LogP contribution in [0, 0.1) is 11.2 Å². The molecule has 0 aliphatic heterocycles. The van der Waals surface area contributed by atoms with Crippen LogP contribution in [0.1, 0.15) is 33.0 Å². The van der Waals surface area contributed by atoms with Gasteiger partial charge in [-0.15, -0.1) is 11.6 Å². The molecule has 1 aromatic carbocycles. The van der Waals surface area contributed by atoms with Crippen LogP contribution in [-0.2, 0) is 13.0 Å². The maximum absolute atomic E-state index is 13.6. The predicted octanol–water partition coefficient (Wildman–Crippen LogP) is 5.05. The Labute approximate surface area is 128 Å². The average Bonchev–Trinajstić information content (AvgIpc) is 2.68. The molecule has 0 aliphatic rings. The quantitative estimate of drug-likeness (QED) is 0.706. The highest BCUT2D eigenvalue weighted by Gasteiger charge is 2.21. The van der Waals surface area contributed by atoms with E-state index in [4.69, 9.17) is 23.2 Å². The van der Waals surface area contributed by atoms with E-state index in [0.717, 1.165) is 24.3 Å². The molecule has 0 saturated carbocycles. The van der Waals surface area contributed by atoms with Crippen molar-refractivity contribution >= 4 is 34.2 Å². The maximum Gasteiger partial charge on any atom is 0.144 e. The van der Waals surface area contributed by atoms with E-state index in [1.54, 1.807) is 6.07 Å². The van der Waals surface area contributed by atoms with E-state index in [2.05, 4.69) is 30.3 Å². The fourth-order valence-electron chi connectivity index (χ4n) is 2.16. The Morgan fingerprint density at radius 1 is 1.35 bits per heavy atom. The van der Waals surface area contributed by atoms with Crippen molar-refractivity contribution in [1.82, 2.24) is 9.55 Å². The van der Waals surface area contributed by atoms with E-state index in [0.29, 0.717) is 17.8 Å². The van der Waals surface area contributed by atoms with Gasteiger partial charge in [-0.2, -0.15) is 0 Å². The van der Waals surface area contributed by atoms with Crippen LogP contribution >= 0.6 is 23.2 Å². The summed E-state index contributed by atoms with van der Waals surface area (Å²) in [5.74, 6) is 0.945. The number of hydrogen-bond donors (Lipinski definition) is 0. The summed E-state index contributed by atoms with van der Waals surface area (Å²) in [4.78, 5) is 4.50. The Kier molecular flexibility index (Phi) is 4.60. The second-order valence-corrected chi connectivity index (χ2v) is 6.61. The molecule has 2 aromatic rings. The Bertz CT molecular complexity index is 620. The topological polar surface area (TPSA) is 17.8 Å². The third kappa shape index (κ3) is 3.09. The van der Waals surface area contributed by atoms with E-state index >= 15 is 0 Å². The Morgan fingerprint density at radius 3 is 2.65 bits per heavy atom. The first-order chi connectivity index (χ1) is 9.38. The first-order valence-electron chi connectivity index (χ1n) is 6.78. The van der Waals surface area contributed by atoms with Crippen LogP contribution in [0.15, 0.2) is 12.1 Å². The number of benzene rings is 1. The van der Waals surface area contributed by atoms with Gasteiger partial charge in [-0.05, 0) is 17.9 Å². The van der Waals surface area contributed by atoms with Crippen LogP contribution < -0.4 is 0 Å². The van der Waals surface area contributed by atoms with Crippen molar-refractivity contribution in [1.29, 1.82) is 0 Å². The van der Waals surface area contributed by atoms with Gasteiger partial charge >= 0.3 is 0 Å². The number of aryl methyl sites for hydroxylation is 1. The number of imidazole rings is 1. The number of aromatic nitrogens is 2. The molecule has 0 atom stereocenters. The fraction of sp³-hybridized carbons (Fsp3) is 0.533.